The van der Waals surface area contributed by atoms with Crippen LogP contribution in [0.3, 0.4) is 0 Å². The minimum atomic E-state index is -0.275. The van der Waals surface area contributed by atoms with E-state index in [4.69, 9.17) is 0 Å². The van der Waals surface area contributed by atoms with E-state index in [0.29, 0.717) is 24.0 Å². The van der Waals surface area contributed by atoms with Crippen LogP contribution in [0.1, 0.15) is 46.4 Å². The lowest BCUT2D eigenvalue weighted by molar-refractivity contribution is -0.122. The van der Waals surface area contributed by atoms with E-state index >= 15 is 0 Å². The van der Waals surface area contributed by atoms with Crippen molar-refractivity contribution in [2.45, 2.75) is 31.7 Å². The first-order chi connectivity index (χ1) is 13.1. The van der Waals surface area contributed by atoms with Gasteiger partial charge in [0.1, 0.15) is 0 Å². The molecule has 2 aliphatic heterocycles. The molecule has 0 saturated carbocycles. The molecular weight excluding hydrogens is 342 g/mol. The van der Waals surface area contributed by atoms with Gasteiger partial charge in [-0.2, -0.15) is 0 Å². The van der Waals surface area contributed by atoms with E-state index in [-0.39, 0.29) is 30.3 Å². The van der Waals surface area contributed by atoms with Gasteiger partial charge in [-0.3, -0.25) is 19.3 Å². The fourth-order valence-corrected chi connectivity index (χ4v) is 3.95. The first-order valence-electron chi connectivity index (χ1n) is 9.53. The van der Waals surface area contributed by atoms with E-state index in [1.165, 1.54) is 4.90 Å². The fraction of sp³-hybridized carbons (Fsp3) is 0.381. The van der Waals surface area contributed by atoms with Crippen LogP contribution in [0.2, 0.25) is 0 Å². The number of carbonyl (C=O) groups is 3. The van der Waals surface area contributed by atoms with Crippen LogP contribution in [-0.2, 0) is 4.79 Å². The second-order valence-corrected chi connectivity index (χ2v) is 7.17. The lowest BCUT2D eigenvalue weighted by Gasteiger charge is -2.27. The molecule has 4 rings (SSSR count). The van der Waals surface area contributed by atoms with Gasteiger partial charge in [-0.15, -0.1) is 0 Å². The van der Waals surface area contributed by atoms with Gasteiger partial charge in [0.15, 0.2) is 0 Å². The highest BCUT2D eigenvalue weighted by atomic mass is 16.2. The maximum Gasteiger partial charge on any atom is 0.261 e. The summed E-state index contributed by atoms with van der Waals surface area (Å²) in [5.41, 5.74) is 1.11. The summed E-state index contributed by atoms with van der Waals surface area (Å²) in [4.78, 5) is 39.0. The third-order valence-electron chi connectivity index (χ3n) is 5.35. The van der Waals surface area contributed by atoms with Gasteiger partial charge in [-0.05, 0) is 49.9 Å². The predicted molar refractivity (Wildman–Crippen MR) is 103 cm³/mol. The fourth-order valence-electron chi connectivity index (χ4n) is 3.95. The molecule has 6 nitrogen and oxygen atoms in total. The highest BCUT2D eigenvalue weighted by Gasteiger charge is 2.32. The van der Waals surface area contributed by atoms with Gasteiger partial charge < -0.3 is 10.6 Å². The molecule has 2 aromatic rings. The summed E-state index contributed by atoms with van der Waals surface area (Å²) in [6.45, 7) is 2.10. The molecule has 6 heteroatoms. The number of rotatable bonds is 5. The zero-order chi connectivity index (χ0) is 18.8. The van der Waals surface area contributed by atoms with Crippen molar-refractivity contribution in [1.82, 2.24) is 15.5 Å². The van der Waals surface area contributed by atoms with Crippen LogP contribution in [0.5, 0.6) is 0 Å². The second kappa shape index (κ2) is 7.48. The van der Waals surface area contributed by atoms with Gasteiger partial charge >= 0.3 is 0 Å². The molecule has 2 aliphatic rings. The van der Waals surface area contributed by atoms with Crippen LogP contribution in [0.25, 0.3) is 10.8 Å². The smallest absolute Gasteiger partial charge is 0.261 e. The number of amides is 3. The number of hydrogen-bond acceptors (Lipinski definition) is 4. The van der Waals surface area contributed by atoms with Crippen molar-refractivity contribution in [2.75, 3.05) is 19.6 Å². The Kier molecular flexibility index (Phi) is 4.90. The quantitative estimate of drug-likeness (QED) is 0.796. The van der Waals surface area contributed by atoms with Crippen LogP contribution in [-0.4, -0.2) is 48.3 Å². The maximum atomic E-state index is 12.8. The van der Waals surface area contributed by atoms with Crippen molar-refractivity contribution in [2.24, 2.45) is 0 Å². The number of nitrogens with one attached hydrogen (secondary N) is 2. The van der Waals surface area contributed by atoms with Gasteiger partial charge in [-0.25, -0.2) is 0 Å². The topological polar surface area (TPSA) is 78.5 Å². The molecule has 0 atom stereocenters. The van der Waals surface area contributed by atoms with E-state index in [2.05, 4.69) is 10.6 Å². The van der Waals surface area contributed by atoms with Crippen molar-refractivity contribution in [3.63, 3.8) is 0 Å². The number of benzene rings is 2. The van der Waals surface area contributed by atoms with Crippen molar-refractivity contribution >= 4 is 28.5 Å². The Balaban J connectivity index is 1.41. The molecule has 0 bridgehead atoms. The highest BCUT2D eigenvalue weighted by Crippen LogP contribution is 2.30. The zero-order valence-corrected chi connectivity index (χ0v) is 15.2. The van der Waals surface area contributed by atoms with Crippen LogP contribution in [0.4, 0.5) is 0 Å². The lowest BCUT2D eigenvalue weighted by Crippen LogP contribution is -2.43. The third kappa shape index (κ3) is 3.45. The second-order valence-electron chi connectivity index (χ2n) is 7.17. The highest BCUT2D eigenvalue weighted by molar-refractivity contribution is 6.25. The molecule has 140 valence electrons. The van der Waals surface area contributed by atoms with E-state index in [9.17, 15) is 14.4 Å². The Labute approximate surface area is 157 Å². The zero-order valence-electron chi connectivity index (χ0n) is 15.2. The van der Waals surface area contributed by atoms with Crippen LogP contribution in [0.15, 0.2) is 36.4 Å². The molecular formula is C21H23N3O3. The third-order valence-corrected chi connectivity index (χ3v) is 5.35. The monoisotopic (exact) mass is 365 g/mol. The molecule has 27 heavy (non-hydrogen) atoms. The molecule has 2 heterocycles. The summed E-state index contributed by atoms with van der Waals surface area (Å²) < 4.78 is 0. The molecule has 0 aliphatic carbocycles. The molecule has 2 N–H and O–H groups in total. The first kappa shape index (κ1) is 17.7. The molecule has 1 saturated heterocycles. The Hall–Kier alpha value is -2.73. The molecule has 2 aromatic carbocycles. The summed E-state index contributed by atoms with van der Waals surface area (Å²) in [6, 6.07) is 11.2. The van der Waals surface area contributed by atoms with Crippen LogP contribution < -0.4 is 10.6 Å². The maximum absolute atomic E-state index is 12.8. The van der Waals surface area contributed by atoms with Crippen molar-refractivity contribution in [3.05, 3.63) is 47.5 Å². The Morgan fingerprint density at radius 3 is 2.30 bits per heavy atom. The van der Waals surface area contributed by atoms with Gasteiger partial charge in [0.25, 0.3) is 11.8 Å². The van der Waals surface area contributed by atoms with Crippen molar-refractivity contribution < 1.29 is 14.4 Å². The number of nitrogens with zero attached hydrogens (tertiary/aromatic N) is 1. The normalized spacial score (nSPS) is 17.4. The Morgan fingerprint density at radius 1 is 1.04 bits per heavy atom. The minimum absolute atomic E-state index is 0.0127. The largest absolute Gasteiger partial charge is 0.353 e. The molecule has 3 amide bonds. The predicted octanol–water partition coefficient (Wildman–Crippen LogP) is 2.08. The van der Waals surface area contributed by atoms with Gasteiger partial charge in [0.05, 0.1) is 0 Å². The summed E-state index contributed by atoms with van der Waals surface area (Å²) >= 11 is 0. The van der Waals surface area contributed by atoms with E-state index in [1.807, 2.05) is 24.3 Å². The number of carbonyl (C=O) groups excluding carboxylic acids is 3. The molecule has 0 aromatic heterocycles. The average molecular weight is 365 g/mol. The van der Waals surface area contributed by atoms with Gasteiger partial charge in [0, 0.05) is 35.5 Å². The summed E-state index contributed by atoms with van der Waals surface area (Å²) in [6.07, 6.45) is 2.66. The molecule has 1 fully saturated rings. The molecule has 0 spiro atoms. The SMILES string of the molecule is O=C(CCCN1C(=O)c2cccc3cccc(c23)C1=O)NC1CCNCC1. The van der Waals surface area contributed by atoms with Crippen molar-refractivity contribution in [3.8, 4) is 0 Å². The van der Waals surface area contributed by atoms with Crippen LogP contribution >= 0.6 is 0 Å². The summed E-state index contributed by atoms with van der Waals surface area (Å²) in [5.74, 6) is -0.563. The number of hydrogen-bond donors (Lipinski definition) is 2. The van der Waals surface area contributed by atoms with E-state index < -0.39 is 0 Å². The molecule has 0 radical (unpaired) electrons. The average Bonchev–Trinajstić information content (AvgIpc) is 2.69. The van der Waals surface area contributed by atoms with E-state index in [1.54, 1.807) is 12.1 Å². The first-order valence-corrected chi connectivity index (χ1v) is 9.53. The summed E-state index contributed by atoms with van der Waals surface area (Å²) in [5, 5.41) is 7.94. The number of piperidine rings is 1. The number of imide groups is 1. The van der Waals surface area contributed by atoms with Gasteiger partial charge in [-0.1, -0.05) is 24.3 Å². The lowest BCUT2D eigenvalue weighted by atomic mass is 9.94. The van der Waals surface area contributed by atoms with Crippen molar-refractivity contribution in [1.29, 1.82) is 0 Å². The Bertz CT molecular complexity index is 852. The molecule has 0 unspecified atom stereocenters. The Morgan fingerprint density at radius 2 is 1.67 bits per heavy atom. The van der Waals surface area contributed by atoms with Crippen LogP contribution in [0, 0.1) is 0 Å². The minimum Gasteiger partial charge on any atom is -0.353 e. The van der Waals surface area contributed by atoms with Gasteiger partial charge in [0.2, 0.25) is 5.91 Å². The van der Waals surface area contributed by atoms with E-state index in [0.717, 1.165) is 36.7 Å². The standard InChI is InChI=1S/C21H23N3O3/c25-18(23-15-9-11-22-12-10-15)8-3-13-24-20(26)16-6-1-4-14-5-2-7-17(19(14)16)21(24)27/h1-2,4-7,15,22H,3,8-13H2,(H,23,25). The summed E-state index contributed by atoms with van der Waals surface area (Å²) in [7, 11) is 0.